The summed E-state index contributed by atoms with van der Waals surface area (Å²) in [5.41, 5.74) is 0. The molecule has 14 heavy (non-hydrogen) atoms. The molecule has 78 valence electrons. The van der Waals surface area contributed by atoms with Crippen molar-refractivity contribution in [3.8, 4) is 0 Å². The van der Waals surface area contributed by atoms with Gasteiger partial charge in [0.2, 0.25) is 5.91 Å². The summed E-state index contributed by atoms with van der Waals surface area (Å²) in [6, 6.07) is 4.49. The van der Waals surface area contributed by atoms with E-state index < -0.39 is 0 Å². The van der Waals surface area contributed by atoms with E-state index in [0.29, 0.717) is 6.42 Å². The van der Waals surface area contributed by atoms with Crippen LogP contribution in [0.2, 0.25) is 0 Å². The van der Waals surface area contributed by atoms with E-state index in [0.717, 1.165) is 6.42 Å². The molecule has 3 heteroatoms. The molecule has 0 saturated carbocycles. The number of thiophene rings is 1. The normalized spacial score (nSPS) is 12.5. The second-order valence-electron chi connectivity index (χ2n) is 3.54. The van der Waals surface area contributed by atoms with Gasteiger partial charge in [0.15, 0.2) is 0 Å². The van der Waals surface area contributed by atoms with Crippen LogP contribution in [0, 0.1) is 6.92 Å². The number of carbonyl (C=O) groups excluding carboxylic acids is 1. The summed E-state index contributed by atoms with van der Waals surface area (Å²) < 4.78 is 0. The number of nitrogens with one attached hydrogen (secondary N) is 1. The minimum atomic E-state index is 0.130. The van der Waals surface area contributed by atoms with Crippen LogP contribution in [0.4, 0.5) is 0 Å². The van der Waals surface area contributed by atoms with Crippen LogP contribution in [0.15, 0.2) is 12.1 Å². The van der Waals surface area contributed by atoms with Crippen LogP contribution in [0.3, 0.4) is 0 Å². The van der Waals surface area contributed by atoms with Gasteiger partial charge in [-0.3, -0.25) is 4.79 Å². The van der Waals surface area contributed by atoms with Crippen molar-refractivity contribution in [3.05, 3.63) is 21.9 Å². The Kier molecular flexibility index (Phi) is 4.14. The van der Waals surface area contributed by atoms with Crippen molar-refractivity contribution in [1.29, 1.82) is 0 Å². The first-order chi connectivity index (χ1) is 6.61. The lowest BCUT2D eigenvalue weighted by Crippen LogP contribution is -2.33. The molecule has 0 fully saturated rings. The molecule has 0 aromatic carbocycles. The van der Waals surface area contributed by atoms with Crippen LogP contribution in [0.5, 0.6) is 0 Å². The molecule has 0 spiro atoms. The molecule has 1 unspecified atom stereocenters. The van der Waals surface area contributed by atoms with Gasteiger partial charge >= 0.3 is 0 Å². The summed E-state index contributed by atoms with van der Waals surface area (Å²) in [5, 5.41) is 2.96. The Morgan fingerprint density at radius 2 is 2.29 bits per heavy atom. The number of rotatable bonds is 4. The Balaban J connectivity index is 2.41. The smallest absolute Gasteiger partial charge is 0.219 e. The number of aryl methyl sites for hydroxylation is 1. The molecule has 1 amide bonds. The summed E-state index contributed by atoms with van der Waals surface area (Å²) in [4.78, 5) is 13.8. The molecule has 0 saturated heterocycles. The maximum Gasteiger partial charge on any atom is 0.219 e. The molecule has 1 N–H and O–H groups in total. The van der Waals surface area contributed by atoms with Gasteiger partial charge in [-0.25, -0.2) is 0 Å². The average molecular weight is 211 g/mol. The Morgan fingerprint density at radius 1 is 1.57 bits per heavy atom. The van der Waals surface area contributed by atoms with E-state index in [-0.39, 0.29) is 11.9 Å². The molecule has 0 aliphatic heterocycles. The Labute approximate surface area is 89.3 Å². The van der Waals surface area contributed by atoms with E-state index in [1.165, 1.54) is 9.75 Å². The zero-order chi connectivity index (χ0) is 10.6. The molecule has 1 atom stereocenters. The van der Waals surface area contributed by atoms with Crippen LogP contribution in [0.25, 0.3) is 0 Å². The zero-order valence-electron chi connectivity index (χ0n) is 8.96. The second-order valence-corrected chi connectivity index (χ2v) is 4.91. The SMILES string of the molecule is CCC(=O)NC(C)Cc1ccc(C)s1. The van der Waals surface area contributed by atoms with E-state index in [1.807, 2.05) is 13.8 Å². The highest BCUT2D eigenvalue weighted by atomic mass is 32.1. The van der Waals surface area contributed by atoms with Gasteiger partial charge in [-0.15, -0.1) is 11.3 Å². The largest absolute Gasteiger partial charge is 0.353 e. The Bertz CT molecular complexity index is 306. The fourth-order valence-electron chi connectivity index (χ4n) is 1.32. The van der Waals surface area contributed by atoms with E-state index in [4.69, 9.17) is 0 Å². The first-order valence-corrected chi connectivity index (χ1v) is 5.78. The van der Waals surface area contributed by atoms with Crippen LogP contribution in [-0.4, -0.2) is 11.9 Å². The molecule has 2 nitrogen and oxygen atoms in total. The molecule has 1 aromatic heterocycles. The van der Waals surface area contributed by atoms with Crippen molar-refractivity contribution in [1.82, 2.24) is 5.32 Å². The van der Waals surface area contributed by atoms with Crippen LogP contribution in [-0.2, 0) is 11.2 Å². The zero-order valence-corrected chi connectivity index (χ0v) is 9.78. The molecule has 0 radical (unpaired) electrons. The van der Waals surface area contributed by atoms with Gasteiger partial charge in [0, 0.05) is 28.6 Å². The summed E-state index contributed by atoms with van der Waals surface area (Å²) in [6.45, 7) is 6.02. The maximum atomic E-state index is 11.1. The van der Waals surface area contributed by atoms with E-state index in [9.17, 15) is 4.79 Å². The predicted octanol–water partition coefficient (Wildman–Crippen LogP) is 2.51. The molecule has 0 bridgehead atoms. The molecule has 0 aliphatic carbocycles. The van der Waals surface area contributed by atoms with Crippen molar-refractivity contribution in [2.45, 2.75) is 39.7 Å². The van der Waals surface area contributed by atoms with Gasteiger partial charge < -0.3 is 5.32 Å². The van der Waals surface area contributed by atoms with Crippen LogP contribution >= 0.6 is 11.3 Å². The van der Waals surface area contributed by atoms with Crippen molar-refractivity contribution in [3.63, 3.8) is 0 Å². The number of hydrogen-bond donors (Lipinski definition) is 1. The van der Waals surface area contributed by atoms with Crippen LogP contribution < -0.4 is 5.32 Å². The van der Waals surface area contributed by atoms with Gasteiger partial charge in [-0.1, -0.05) is 6.92 Å². The topological polar surface area (TPSA) is 29.1 Å². The fraction of sp³-hybridized carbons (Fsp3) is 0.545. The number of hydrogen-bond acceptors (Lipinski definition) is 2. The number of amides is 1. The molecular weight excluding hydrogens is 194 g/mol. The van der Waals surface area contributed by atoms with Crippen molar-refractivity contribution in [2.24, 2.45) is 0 Å². The summed E-state index contributed by atoms with van der Waals surface area (Å²) in [7, 11) is 0. The van der Waals surface area contributed by atoms with Gasteiger partial charge in [0.25, 0.3) is 0 Å². The lowest BCUT2D eigenvalue weighted by Gasteiger charge is -2.11. The minimum Gasteiger partial charge on any atom is -0.353 e. The summed E-state index contributed by atoms with van der Waals surface area (Å²) >= 11 is 1.80. The van der Waals surface area contributed by atoms with Crippen molar-refractivity contribution >= 4 is 17.2 Å². The molecular formula is C11H17NOS. The standard InChI is InChI=1S/C11H17NOS/c1-4-11(13)12-8(2)7-10-6-5-9(3)14-10/h5-6,8H,4,7H2,1-3H3,(H,12,13). The monoisotopic (exact) mass is 211 g/mol. The van der Waals surface area contributed by atoms with Gasteiger partial charge in [0.05, 0.1) is 0 Å². The lowest BCUT2D eigenvalue weighted by molar-refractivity contribution is -0.121. The third kappa shape index (κ3) is 3.50. The Hall–Kier alpha value is -0.830. The first-order valence-electron chi connectivity index (χ1n) is 4.96. The highest BCUT2D eigenvalue weighted by molar-refractivity contribution is 7.11. The van der Waals surface area contributed by atoms with Crippen molar-refractivity contribution < 1.29 is 4.79 Å². The predicted molar refractivity (Wildman–Crippen MR) is 60.7 cm³/mol. The van der Waals surface area contributed by atoms with Gasteiger partial charge in [0.1, 0.15) is 0 Å². The molecule has 1 heterocycles. The van der Waals surface area contributed by atoms with Gasteiger partial charge in [-0.2, -0.15) is 0 Å². The fourth-order valence-corrected chi connectivity index (χ4v) is 2.34. The lowest BCUT2D eigenvalue weighted by atomic mass is 10.2. The third-order valence-corrected chi connectivity index (χ3v) is 3.05. The molecule has 1 rings (SSSR count). The highest BCUT2D eigenvalue weighted by Gasteiger charge is 2.07. The van der Waals surface area contributed by atoms with Gasteiger partial charge in [-0.05, 0) is 26.0 Å². The van der Waals surface area contributed by atoms with Crippen molar-refractivity contribution in [2.75, 3.05) is 0 Å². The second kappa shape index (κ2) is 5.15. The molecule has 0 aliphatic rings. The summed E-state index contributed by atoms with van der Waals surface area (Å²) in [5.74, 6) is 0.130. The summed E-state index contributed by atoms with van der Waals surface area (Å²) in [6.07, 6.45) is 1.50. The van der Waals surface area contributed by atoms with Crippen LogP contribution in [0.1, 0.15) is 30.0 Å². The highest BCUT2D eigenvalue weighted by Crippen LogP contribution is 2.16. The maximum absolute atomic E-state index is 11.1. The van der Waals surface area contributed by atoms with E-state index >= 15 is 0 Å². The molecule has 1 aromatic rings. The first kappa shape index (κ1) is 11.2. The quantitative estimate of drug-likeness (QED) is 0.814. The third-order valence-electron chi connectivity index (χ3n) is 2.03. The van der Waals surface area contributed by atoms with E-state index in [1.54, 1.807) is 11.3 Å². The number of carbonyl (C=O) groups is 1. The van der Waals surface area contributed by atoms with E-state index in [2.05, 4.69) is 24.4 Å². The average Bonchev–Trinajstić information content (AvgIpc) is 2.50. The minimum absolute atomic E-state index is 0.130. The Morgan fingerprint density at radius 3 is 2.79 bits per heavy atom.